The van der Waals surface area contributed by atoms with Crippen LogP contribution in [-0.4, -0.2) is 26.2 Å². The van der Waals surface area contributed by atoms with E-state index in [1.165, 1.54) is 6.92 Å². The number of para-hydroxylation sites is 1. The number of azo groups is 1. The van der Waals surface area contributed by atoms with Crippen LogP contribution in [0.25, 0.3) is 0 Å². The van der Waals surface area contributed by atoms with E-state index in [-0.39, 0.29) is 5.97 Å². The lowest BCUT2D eigenvalue weighted by Crippen LogP contribution is -2.11. The van der Waals surface area contributed by atoms with Crippen molar-refractivity contribution in [1.82, 2.24) is 0 Å². The van der Waals surface area contributed by atoms with Crippen LogP contribution in [-0.2, 0) is 9.53 Å². The van der Waals surface area contributed by atoms with Gasteiger partial charge in [-0.15, -0.1) is 5.11 Å². The second-order valence-electron chi connectivity index (χ2n) is 4.69. The third-order valence-corrected chi connectivity index (χ3v) is 2.95. The van der Waals surface area contributed by atoms with Gasteiger partial charge in [-0.1, -0.05) is 18.2 Å². The van der Waals surface area contributed by atoms with Crippen LogP contribution in [0.15, 0.2) is 58.8 Å². The second kappa shape index (κ2) is 8.53. The number of ether oxygens (including phenoxy) is 2. The van der Waals surface area contributed by atoms with Crippen LogP contribution in [0.5, 0.6) is 5.75 Å². The van der Waals surface area contributed by atoms with Crippen molar-refractivity contribution in [3.05, 3.63) is 48.5 Å². The zero-order valence-electron chi connectivity index (χ0n) is 13.2. The zero-order valence-corrected chi connectivity index (χ0v) is 13.2. The largest absolute Gasteiger partial charge is 0.497 e. The van der Waals surface area contributed by atoms with Gasteiger partial charge < -0.3 is 14.8 Å². The van der Waals surface area contributed by atoms with Gasteiger partial charge in [-0.2, -0.15) is 5.11 Å². The summed E-state index contributed by atoms with van der Waals surface area (Å²) < 4.78 is 10.0. The topological polar surface area (TPSA) is 72.3 Å². The second-order valence-corrected chi connectivity index (χ2v) is 4.69. The Balaban J connectivity index is 2.04. The van der Waals surface area contributed by atoms with Crippen molar-refractivity contribution >= 4 is 23.0 Å². The van der Waals surface area contributed by atoms with Crippen LogP contribution in [0.3, 0.4) is 0 Å². The molecule has 0 aromatic heterocycles. The minimum atomic E-state index is -0.294. The van der Waals surface area contributed by atoms with E-state index in [1.807, 2.05) is 42.5 Å². The molecule has 0 aliphatic carbocycles. The summed E-state index contributed by atoms with van der Waals surface area (Å²) in [6.45, 7) is 2.19. The van der Waals surface area contributed by atoms with Crippen LogP contribution in [0.2, 0.25) is 0 Å². The van der Waals surface area contributed by atoms with Crippen molar-refractivity contribution in [1.29, 1.82) is 0 Å². The molecule has 120 valence electrons. The van der Waals surface area contributed by atoms with E-state index < -0.39 is 0 Å². The number of nitrogens with one attached hydrogen (secondary N) is 1. The number of benzene rings is 2. The molecule has 2 aromatic rings. The molecule has 23 heavy (non-hydrogen) atoms. The Morgan fingerprint density at radius 1 is 1.13 bits per heavy atom. The van der Waals surface area contributed by atoms with E-state index in [0.29, 0.717) is 24.5 Å². The molecular formula is C17H19N3O3. The summed E-state index contributed by atoms with van der Waals surface area (Å²) in [5.74, 6) is 0.437. The Morgan fingerprint density at radius 2 is 1.96 bits per heavy atom. The smallest absolute Gasteiger partial charge is 0.302 e. The molecule has 0 spiro atoms. The number of rotatable bonds is 7. The molecule has 2 aromatic carbocycles. The van der Waals surface area contributed by atoms with Gasteiger partial charge in [0.1, 0.15) is 18.0 Å². The van der Waals surface area contributed by atoms with Crippen molar-refractivity contribution in [2.45, 2.75) is 6.92 Å². The standard InChI is InChI=1S/C17H19N3O3/c1-13(21)23-11-10-18-16-8-3-4-9-17(16)20-19-14-6-5-7-15(12-14)22-2/h3-9,12,18H,10-11H2,1-2H3. The Labute approximate surface area is 135 Å². The van der Waals surface area contributed by atoms with Gasteiger partial charge >= 0.3 is 5.97 Å². The van der Waals surface area contributed by atoms with Gasteiger partial charge in [-0.3, -0.25) is 4.79 Å². The summed E-state index contributed by atoms with van der Waals surface area (Å²) in [6, 6.07) is 14.9. The van der Waals surface area contributed by atoms with Crippen LogP contribution in [0, 0.1) is 0 Å². The first-order valence-electron chi connectivity index (χ1n) is 7.21. The Kier molecular flexibility index (Phi) is 6.11. The molecule has 0 fully saturated rings. The maximum atomic E-state index is 10.7. The average molecular weight is 313 g/mol. The van der Waals surface area contributed by atoms with Gasteiger partial charge in [0.15, 0.2) is 0 Å². The highest BCUT2D eigenvalue weighted by molar-refractivity contribution is 5.66. The maximum Gasteiger partial charge on any atom is 0.302 e. The molecule has 6 nitrogen and oxygen atoms in total. The molecular weight excluding hydrogens is 294 g/mol. The molecule has 0 saturated carbocycles. The molecule has 0 aliphatic heterocycles. The van der Waals surface area contributed by atoms with E-state index in [2.05, 4.69) is 15.5 Å². The van der Waals surface area contributed by atoms with Gasteiger partial charge in [-0.25, -0.2) is 0 Å². The first-order chi connectivity index (χ1) is 11.2. The monoisotopic (exact) mass is 313 g/mol. The lowest BCUT2D eigenvalue weighted by Gasteiger charge is -2.08. The fourth-order valence-corrected chi connectivity index (χ4v) is 1.88. The summed E-state index contributed by atoms with van der Waals surface area (Å²) in [5.41, 5.74) is 2.24. The van der Waals surface area contributed by atoms with Crippen molar-refractivity contribution in [2.75, 3.05) is 25.6 Å². The highest BCUT2D eigenvalue weighted by Crippen LogP contribution is 2.27. The number of hydrogen-bond acceptors (Lipinski definition) is 6. The quantitative estimate of drug-likeness (QED) is 0.475. The van der Waals surface area contributed by atoms with Crippen LogP contribution < -0.4 is 10.1 Å². The number of esters is 1. The Bertz CT molecular complexity index is 686. The van der Waals surface area contributed by atoms with E-state index >= 15 is 0 Å². The predicted octanol–water partition coefficient (Wildman–Crippen LogP) is 4.09. The normalized spacial score (nSPS) is 10.5. The van der Waals surface area contributed by atoms with Crippen LogP contribution in [0.1, 0.15) is 6.92 Å². The highest BCUT2D eigenvalue weighted by atomic mass is 16.5. The average Bonchev–Trinajstić information content (AvgIpc) is 2.57. The number of hydrogen-bond donors (Lipinski definition) is 1. The van der Waals surface area contributed by atoms with Crippen molar-refractivity contribution in [3.63, 3.8) is 0 Å². The van der Waals surface area contributed by atoms with Crippen LogP contribution >= 0.6 is 0 Å². The molecule has 0 saturated heterocycles. The van der Waals surface area contributed by atoms with Crippen molar-refractivity contribution in [2.24, 2.45) is 10.2 Å². The summed E-state index contributed by atoms with van der Waals surface area (Å²) in [4.78, 5) is 10.7. The Morgan fingerprint density at radius 3 is 2.74 bits per heavy atom. The summed E-state index contributed by atoms with van der Waals surface area (Å²) in [6.07, 6.45) is 0. The SMILES string of the molecule is COc1cccc(N=Nc2ccccc2NCCOC(C)=O)c1. The lowest BCUT2D eigenvalue weighted by molar-refractivity contribution is -0.140. The number of methoxy groups -OCH3 is 1. The first-order valence-corrected chi connectivity index (χ1v) is 7.21. The summed E-state index contributed by atoms with van der Waals surface area (Å²) in [7, 11) is 1.61. The molecule has 0 bridgehead atoms. The summed E-state index contributed by atoms with van der Waals surface area (Å²) >= 11 is 0. The molecule has 6 heteroatoms. The van der Waals surface area contributed by atoms with E-state index in [0.717, 1.165) is 11.4 Å². The van der Waals surface area contributed by atoms with E-state index in [4.69, 9.17) is 9.47 Å². The molecule has 0 amide bonds. The molecule has 1 N–H and O–H groups in total. The van der Waals surface area contributed by atoms with Gasteiger partial charge in [-0.05, 0) is 24.3 Å². The first kappa shape index (κ1) is 16.5. The molecule has 0 unspecified atom stereocenters. The number of nitrogens with zero attached hydrogens (tertiary/aromatic N) is 2. The number of carbonyl (C=O) groups excluding carboxylic acids is 1. The van der Waals surface area contributed by atoms with Gasteiger partial charge in [0.2, 0.25) is 0 Å². The van der Waals surface area contributed by atoms with Gasteiger partial charge in [0.05, 0.1) is 18.5 Å². The number of carbonyl (C=O) groups is 1. The number of anilines is 1. The van der Waals surface area contributed by atoms with Gasteiger partial charge in [0.25, 0.3) is 0 Å². The summed E-state index contributed by atoms with van der Waals surface area (Å²) in [5, 5.41) is 11.7. The van der Waals surface area contributed by atoms with E-state index in [1.54, 1.807) is 13.2 Å². The van der Waals surface area contributed by atoms with Crippen molar-refractivity contribution < 1.29 is 14.3 Å². The minimum Gasteiger partial charge on any atom is -0.497 e. The molecule has 0 heterocycles. The Hall–Kier alpha value is -2.89. The minimum absolute atomic E-state index is 0.294. The maximum absolute atomic E-state index is 10.7. The third-order valence-electron chi connectivity index (χ3n) is 2.95. The highest BCUT2D eigenvalue weighted by Gasteiger charge is 2.01. The van der Waals surface area contributed by atoms with Crippen molar-refractivity contribution in [3.8, 4) is 5.75 Å². The zero-order chi connectivity index (χ0) is 16.5. The fourth-order valence-electron chi connectivity index (χ4n) is 1.88. The lowest BCUT2D eigenvalue weighted by atomic mass is 10.2. The van der Waals surface area contributed by atoms with Crippen LogP contribution in [0.4, 0.5) is 17.1 Å². The predicted molar refractivity (Wildman–Crippen MR) is 88.7 cm³/mol. The molecule has 2 rings (SSSR count). The molecule has 0 radical (unpaired) electrons. The fraction of sp³-hybridized carbons (Fsp3) is 0.235. The molecule has 0 aliphatic rings. The van der Waals surface area contributed by atoms with E-state index in [9.17, 15) is 4.79 Å². The van der Waals surface area contributed by atoms with Gasteiger partial charge in [0, 0.05) is 19.5 Å². The third kappa shape index (κ3) is 5.43. The molecule has 0 atom stereocenters.